The molecule has 1 heterocycles. The van der Waals surface area contributed by atoms with E-state index in [1.807, 2.05) is 0 Å². The van der Waals surface area contributed by atoms with Crippen LogP contribution in [0.4, 0.5) is 0 Å². The Morgan fingerprint density at radius 3 is 2.17 bits per heavy atom. The van der Waals surface area contributed by atoms with Crippen molar-refractivity contribution < 1.29 is 14.6 Å². The van der Waals surface area contributed by atoms with Crippen molar-refractivity contribution in [2.24, 2.45) is 0 Å². The Balaban J connectivity index is 2.80. The predicted octanol–water partition coefficient (Wildman–Crippen LogP) is 2.52. The number of nitrogens with zero attached hydrogens (tertiary/aromatic N) is 1. The van der Waals surface area contributed by atoms with E-state index >= 15 is 0 Å². The fourth-order valence-corrected chi connectivity index (χ4v) is 3.19. The van der Waals surface area contributed by atoms with Crippen LogP contribution < -0.4 is 0 Å². The van der Waals surface area contributed by atoms with Crippen LogP contribution in [0, 0.1) is 0 Å². The maximum atomic E-state index is 11.0. The van der Waals surface area contributed by atoms with Gasteiger partial charge < -0.3 is 9.84 Å². The molecule has 0 aromatic heterocycles. The molecule has 0 spiro atoms. The summed E-state index contributed by atoms with van der Waals surface area (Å²) in [6, 6.07) is 0. The minimum atomic E-state index is -0.760. The summed E-state index contributed by atoms with van der Waals surface area (Å²) in [5.41, 5.74) is -0.281. The van der Waals surface area contributed by atoms with Gasteiger partial charge in [-0.3, -0.25) is 9.69 Å². The highest BCUT2D eigenvalue weighted by molar-refractivity contribution is 5.69. The Morgan fingerprint density at radius 1 is 1.28 bits per heavy atom. The number of aliphatic carboxylic acids is 1. The first-order chi connectivity index (χ1) is 8.19. The fourth-order valence-electron chi connectivity index (χ4n) is 3.19. The van der Waals surface area contributed by atoms with Gasteiger partial charge in [-0.2, -0.15) is 0 Å². The van der Waals surface area contributed by atoms with Crippen LogP contribution in [0.25, 0.3) is 0 Å². The smallest absolute Gasteiger partial charge is 0.317 e. The van der Waals surface area contributed by atoms with Crippen LogP contribution in [0.1, 0.15) is 53.9 Å². The molecule has 0 unspecified atom stereocenters. The van der Waals surface area contributed by atoms with Crippen LogP contribution in [-0.4, -0.2) is 46.3 Å². The number of ether oxygens (including phenoxy) is 1. The molecule has 0 aromatic carbocycles. The zero-order valence-electron chi connectivity index (χ0n) is 12.3. The Kier molecular flexibility index (Phi) is 4.78. The van der Waals surface area contributed by atoms with Crippen LogP contribution in [-0.2, 0) is 9.53 Å². The summed E-state index contributed by atoms with van der Waals surface area (Å²) in [6.45, 7) is 11.4. The zero-order valence-corrected chi connectivity index (χ0v) is 12.3. The summed E-state index contributed by atoms with van der Waals surface area (Å²) in [7, 11) is 0. The molecule has 1 fully saturated rings. The summed E-state index contributed by atoms with van der Waals surface area (Å²) >= 11 is 0. The number of carbonyl (C=O) groups is 1. The van der Waals surface area contributed by atoms with Crippen molar-refractivity contribution in [1.29, 1.82) is 0 Å². The molecular formula is C14H27NO3. The molecule has 106 valence electrons. The van der Waals surface area contributed by atoms with Crippen molar-refractivity contribution in [2.45, 2.75) is 71.1 Å². The molecule has 0 amide bonds. The first kappa shape index (κ1) is 15.4. The summed E-state index contributed by atoms with van der Waals surface area (Å²) in [6.07, 6.45) is 3.05. The Bertz CT molecular complexity index is 281. The number of hydrogen-bond donors (Lipinski definition) is 1. The molecule has 0 aliphatic carbocycles. The average Bonchev–Trinajstić information content (AvgIpc) is 2.19. The van der Waals surface area contributed by atoms with Crippen molar-refractivity contribution in [3.8, 4) is 0 Å². The van der Waals surface area contributed by atoms with Crippen molar-refractivity contribution in [3.05, 3.63) is 0 Å². The summed E-state index contributed by atoms with van der Waals surface area (Å²) in [5, 5.41) is 9.06. The number of rotatable bonds is 5. The van der Waals surface area contributed by atoms with E-state index in [0.29, 0.717) is 0 Å². The molecule has 1 aliphatic rings. The standard InChI is InChI=1S/C14H27NO3/c1-6-7-18-11-8-13(2,3)15(10-12(16)17)14(4,5)9-11/h11H,6-10H2,1-5H3,(H,16,17). The first-order valence-electron chi connectivity index (χ1n) is 6.80. The molecule has 0 saturated carbocycles. The molecule has 0 radical (unpaired) electrons. The van der Waals surface area contributed by atoms with Gasteiger partial charge in [0.05, 0.1) is 12.6 Å². The lowest BCUT2D eigenvalue weighted by atomic mass is 9.78. The van der Waals surface area contributed by atoms with Crippen LogP contribution in [0.2, 0.25) is 0 Å². The average molecular weight is 257 g/mol. The van der Waals surface area contributed by atoms with E-state index in [0.717, 1.165) is 25.9 Å². The normalized spacial score (nSPS) is 24.1. The Labute approximate surface area is 110 Å². The minimum Gasteiger partial charge on any atom is -0.480 e. The van der Waals surface area contributed by atoms with Crippen molar-refractivity contribution >= 4 is 5.97 Å². The van der Waals surface area contributed by atoms with Crippen LogP contribution in [0.5, 0.6) is 0 Å². The van der Waals surface area contributed by atoms with Gasteiger partial charge in [0.15, 0.2) is 0 Å². The largest absolute Gasteiger partial charge is 0.480 e. The van der Waals surface area contributed by atoms with Gasteiger partial charge in [0.25, 0.3) is 0 Å². The minimum absolute atomic E-state index is 0.0977. The summed E-state index contributed by atoms with van der Waals surface area (Å²) < 4.78 is 5.88. The fraction of sp³-hybridized carbons (Fsp3) is 0.929. The van der Waals surface area contributed by atoms with E-state index in [2.05, 4.69) is 39.5 Å². The van der Waals surface area contributed by atoms with E-state index in [1.54, 1.807) is 0 Å². The molecule has 18 heavy (non-hydrogen) atoms. The predicted molar refractivity (Wildman–Crippen MR) is 71.8 cm³/mol. The van der Waals surface area contributed by atoms with Gasteiger partial charge in [0.1, 0.15) is 0 Å². The van der Waals surface area contributed by atoms with Crippen molar-refractivity contribution in [2.75, 3.05) is 13.2 Å². The van der Waals surface area contributed by atoms with E-state index < -0.39 is 5.97 Å². The second kappa shape index (κ2) is 5.57. The lowest BCUT2D eigenvalue weighted by Gasteiger charge is -2.54. The highest BCUT2D eigenvalue weighted by Gasteiger charge is 2.46. The lowest BCUT2D eigenvalue weighted by molar-refractivity contribution is -0.150. The van der Waals surface area contributed by atoms with Crippen LogP contribution >= 0.6 is 0 Å². The number of carboxylic acid groups (broad SMARTS) is 1. The monoisotopic (exact) mass is 257 g/mol. The summed E-state index contributed by atoms with van der Waals surface area (Å²) in [5.74, 6) is -0.760. The maximum absolute atomic E-state index is 11.0. The number of carboxylic acids is 1. The number of hydrogen-bond acceptors (Lipinski definition) is 3. The topological polar surface area (TPSA) is 49.8 Å². The highest BCUT2D eigenvalue weighted by Crippen LogP contribution is 2.39. The molecule has 4 nitrogen and oxygen atoms in total. The Morgan fingerprint density at radius 2 is 1.78 bits per heavy atom. The van der Waals surface area contributed by atoms with Gasteiger partial charge in [-0.25, -0.2) is 0 Å². The van der Waals surface area contributed by atoms with Crippen LogP contribution in [0.15, 0.2) is 0 Å². The third-order valence-corrected chi connectivity index (χ3v) is 3.77. The van der Waals surface area contributed by atoms with Gasteiger partial charge in [-0.15, -0.1) is 0 Å². The molecule has 0 atom stereocenters. The van der Waals surface area contributed by atoms with Crippen molar-refractivity contribution in [1.82, 2.24) is 4.90 Å². The molecule has 0 aromatic rings. The second-order valence-electron chi connectivity index (χ2n) is 6.51. The van der Waals surface area contributed by atoms with E-state index in [4.69, 9.17) is 9.84 Å². The maximum Gasteiger partial charge on any atom is 0.317 e. The molecular weight excluding hydrogens is 230 g/mol. The van der Waals surface area contributed by atoms with E-state index in [-0.39, 0.29) is 23.7 Å². The van der Waals surface area contributed by atoms with Gasteiger partial charge in [0, 0.05) is 17.7 Å². The van der Waals surface area contributed by atoms with Crippen molar-refractivity contribution in [3.63, 3.8) is 0 Å². The molecule has 0 bridgehead atoms. The van der Waals surface area contributed by atoms with Gasteiger partial charge in [-0.1, -0.05) is 6.92 Å². The number of likely N-dealkylation sites (tertiary alicyclic amines) is 1. The summed E-state index contributed by atoms with van der Waals surface area (Å²) in [4.78, 5) is 13.1. The van der Waals surface area contributed by atoms with E-state index in [9.17, 15) is 4.79 Å². The SMILES string of the molecule is CCCOC1CC(C)(C)N(CC(=O)O)C(C)(C)C1. The molecule has 4 heteroatoms. The Hall–Kier alpha value is -0.610. The highest BCUT2D eigenvalue weighted by atomic mass is 16.5. The second-order valence-corrected chi connectivity index (χ2v) is 6.51. The third kappa shape index (κ3) is 3.69. The lowest BCUT2D eigenvalue weighted by Crippen LogP contribution is -2.63. The number of piperidine rings is 1. The first-order valence-corrected chi connectivity index (χ1v) is 6.80. The van der Waals surface area contributed by atoms with Crippen LogP contribution in [0.3, 0.4) is 0 Å². The van der Waals surface area contributed by atoms with Gasteiger partial charge in [-0.05, 0) is 47.0 Å². The zero-order chi connectivity index (χ0) is 14.0. The molecule has 1 aliphatic heterocycles. The molecule has 1 N–H and O–H groups in total. The quantitative estimate of drug-likeness (QED) is 0.822. The molecule has 1 rings (SSSR count). The molecule has 1 saturated heterocycles. The van der Waals surface area contributed by atoms with Gasteiger partial charge >= 0.3 is 5.97 Å². The van der Waals surface area contributed by atoms with Gasteiger partial charge in [0.2, 0.25) is 0 Å². The van der Waals surface area contributed by atoms with E-state index in [1.165, 1.54) is 0 Å². The third-order valence-electron chi connectivity index (χ3n) is 3.77.